The molecule has 0 atom stereocenters. The van der Waals surface area contributed by atoms with E-state index < -0.39 is 0 Å². The highest BCUT2D eigenvalue weighted by molar-refractivity contribution is 7.17. The average Bonchev–Trinajstić information content (AvgIpc) is 2.88. The van der Waals surface area contributed by atoms with Crippen molar-refractivity contribution in [3.05, 3.63) is 33.3 Å². The predicted octanol–water partition coefficient (Wildman–Crippen LogP) is 4.63. The molecule has 2 aromatic rings. The summed E-state index contributed by atoms with van der Waals surface area (Å²) in [6.45, 7) is 6.87. The molecule has 0 aliphatic rings. The van der Waals surface area contributed by atoms with Gasteiger partial charge in [0.1, 0.15) is 15.8 Å². The lowest BCUT2D eigenvalue weighted by molar-refractivity contribution is 0.111. The second kappa shape index (κ2) is 7.57. The molecule has 2 rings (SSSR count). The van der Waals surface area contributed by atoms with Crippen molar-refractivity contribution >= 4 is 41.2 Å². The van der Waals surface area contributed by atoms with Gasteiger partial charge in [-0.15, -0.1) is 0 Å². The number of aryl methyl sites for hydroxylation is 2. The fourth-order valence-corrected chi connectivity index (χ4v) is 2.68. The van der Waals surface area contributed by atoms with Crippen molar-refractivity contribution < 1.29 is 9.53 Å². The number of aliphatic imine (C=N–C) groups is 1. The summed E-state index contributed by atoms with van der Waals surface area (Å²) < 4.78 is 6.08. The Kier molecular flexibility index (Phi) is 5.74. The Bertz CT molecular complexity index is 743. The molecule has 7 heteroatoms. The van der Waals surface area contributed by atoms with Gasteiger partial charge < -0.3 is 9.64 Å². The Labute approximate surface area is 144 Å². The molecular formula is C16H18ClN3O2S. The molecule has 0 aliphatic carbocycles. The van der Waals surface area contributed by atoms with Gasteiger partial charge in [-0.1, -0.05) is 22.9 Å². The highest BCUT2D eigenvalue weighted by atomic mass is 35.5. The largest absolute Gasteiger partial charge is 0.431 e. The first kappa shape index (κ1) is 17.4. The van der Waals surface area contributed by atoms with Crippen LogP contribution in [0.25, 0.3) is 0 Å². The summed E-state index contributed by atoms with van der Waals surface area (Å²) in [6, 6.07) is 3.87. The highest BCUT2D eigenvalue weighted by Crippen LogP contribution is 2.35. The maximum absolute atomic E-state index is 10.8. The molecule has 1 aromatic heterocycles. The fourth-order valence-electron chi connectivity index (χ4n) is 1.77. The van der Waals surface area contributed by atoms with Gasteiger partial charge in [-0.05, 0) is 44.0 Å². The molecule has 1 aromatic carbocycles. The predicted molar refractivity (Wildman–Crippen MR) is 95.0 cm³/mol. The average molecular weight is 352 g/mol. The van der Waals surface area contributed by atoms with E-state index in [1.807, 2.05) is 37.9 Å². The van der Waals surface area contributed by atoms with Gasteiger partial charge in [0.05, 0.1) is 12.0 Å². The number of nitrogens with zero attached hydrogens (tertiary/aromatic N) is 3. The lowest BCUT2D eigenvalue weighted by atomic mass is 10.1. The van der Waals surface area contributed by atoms with E-state index in [1.165, 1.54) is 0 Å². The van der Waals surface area contributed by atoms with Gasteiger partial charge in [0.25, 0.3) is 5.19 Å². The second-order valence-electron chi connectivity index (χ2n) is 5.08. The molecule has 122 valence electrons. The van der Waals surface area contributed by atoms with Crippen LogP contribution in [0.1, 0.15) is 28.5 Å². The van der Waals surface area contributed by atoms with Crippen LogP contribution in [-0.2, 0) is 0 Å². The molecular weight excluding hydrogens is 334 g/mol. The van der Waals surface area contributed by atoms with Crippen LogP contribution in [0, 0.1) is 13.8 Å². The van der Waals surface area contributed by atoms with Crippen molar-refractivity contribution in [1.82, 2.24) is 9.88 Å². The minimum absolute atomic E-state index is 0.199. The molecule has 0 aliphatic heterocycles. The van der Waals surface area contributed by atoms with E-state index in [4.69, 9.17) is 16.3 Å². The summed E-state index contributed by atoms with van der Waals surface area (Å²) in [4.78, 5) is 21.3. The number of carbonyl (C=O) groups excluding carboxylic acids is 1. The van der Waals surface area contributed by atoms with Crippen molar-refractivity contribution in [2.24, 2.45) is 4.99 Å². The Balaban J connectivity index is 2.25. The number of carbonyl (C=O) groups is 1. The van der Waals surface area contributed by atoms with E-state index in [9.17, 15) is 4.79 Å². The third-order valence-electron chi connectivity index (χ3n) is 3.29. The molecule has 0 radical (unpaired) electrons. The minimum Gasteiger partial charge on any atom is -0.431 e. The first-order chi connectivity index (χ1) is 10.9. The van der Waals surface area contributed by atoms with Gasteiger partial charge in [0.2, 0.25) is 0 Å². The van der Waals surface area contributed by atoms with Crippen molar-refractivity contribution in [3.63, 3.8) is 0 Å². The SMILES string of the molecule is CCN(C)/C=N\c1cc(C)c(Oc2nc(C=O)c(Cl)s2)cc1C. The van der Waals surface area contributed by atoms with Crippen LogP contribution >= 0.6 is 22.9 Å². The molecule has 0 unspecified atom stereocenters. The molecule has 23 heavy (non-hydrogen) atoms. The van der Waals surface area contributed by atoms with Crippen LogP contribution in [0.15, 0.2) is 17.1 Å². The zero-order valence-corrected chi connectivity index (χ0v) is 15.0. The maximum atomic E-state index is 10.8. The smallest absolute Gasteiger partial charge is 0.280 e. The van der Waals surface area contributed by atoms with E-state index in [1.54, 1.807) is 6.34 Å². The molecule has 0 saturated carbocycles. The van der Waals surface area contributed by atoms with Crippen LogP contribution in [0.3, 0.4) is 0 Å². The maximum Gasteiger partial charge on any atom is 0.280 e. The molecule has 0 bridgehead atoms. The number of benzene rings is 1. The Morgan fingerprint density at radius 1 is 1.39 bits per heavy atom. The first-order valence-electron chi connectivity index (χ1n) is 7.09. The third kappa shape index (κ3) is 4.30. The Hall–Kier alpha value is -1.92. The molecule has 0 saturated heterocycles. The highest BCUT2D eigenvalue weighted by Gasteiger charge is 2.12. The topological polar surface area (TPSA) is 54.8 Å². The number of thiazole rings is 1. The van der Waals surface area contributed by atoms with E-state index in [-0.39, 0.29) is 5.69 Å². The van der Waals surface area contributed by atoms with Gasteiger partial charge >= 0.3 is 0 Å². The summed E-state index contributed by atoms with van der Waals surface area (Å²) in [7, 11) is 1.97. The van der Waals surface area contributed by atoms with Crippen LogP contribution in [-0.4, -0.2) is 36.1 Å². The van der Waals surface area contributed by atoms with Crippen molar-refractivity contribution in [2.45, 2.75) is 20.8 Å². The first-order valence-corrected chi connectivity index (χ1v) is 8.29. The summed E-state index contributed by atoms with van der Waals surface area (Å²) in [6.07, 6.45) is 2.42. The van der Waals surface area contributed by atoms with Crippen LogP contribution in [0.2, 0.25) is 4.34 Å². The van der Waals surface area contributed by atoms with Gasteiger partial charge in [0.15, 0.2) is 6.29 Å². The summed E-state index contributed by atoms with van der Waals surface area (Å²) >= 11 is 7.05. The lowest BCUT2D eigenvalue weighted by Crippen LogP contribution is -2.14. The molecule has 0 amide bonds. The van der Waals surface area contributed by atoms with Crippen molar-refractivity contribution in [3.8, 4) is 10.9 Å². The van der Waals surface area contributed by atoms with Crippen molar-refractivity contribution in [1.29, 1.82) is 0 Å². The quantitative estimate of drug-likeness (QED) is 0.432. The van der Waals surface area contributed by atoms with E-state index in [0.29, 0.717) is 21.6 Å². The summed E-state index contributed by atoms with van der Waals surface area (Å²) in [5.41, 5.74) is 3.01. The number of hydrogen-bond donors (Lipinski definition) is 0. The zero-order chi connectivity index (χ0) is 17.0. The lowest BCUT2D eigenvalue weighted by Gasteiger charge is -2.11. The minimum atomic E-state index is 0.199. The van der Waals surface area contributed by atoms with Gasteiger partial charge in [-0.3, -0.25) is 4.79 Å². The number of aromatic nitrogens is 1. The van der Waals surface area contributed by atoms with Gasteiger partial charge in [-0.25, -0.2) is 4.99 Å². The van der Waals surface area contributed by atoms with Gasteiger partial charge in [0, 0.05) is 13.6 Å². The van der Waals surface area contributed by atoms with E-state index in [2.05, 4.69) is 16.9 Å². The van der Waals surface area contributed by atoms with Crippen LogP contribution < -0.4 is 4.74 Å². The second-order valence-corrected chi connectivity index (χ2v) is 6.64. The standard InChI is InChI=1S/C16H18ClN3O2S/c1-5-20(4)9-18-12-6-11(3)14(7-10(12)2)22-16-19-13(8-21)15(17)23-16/h6-9H,5H2,1-4H3/b18-9-. The number of ether oxygens (including phenoxy) is 1. The molecule has 0 fully saturated rings. The van der Waals surface area contributed by atoms with Crippen LogP contribution in [0.4, 0.5) is 5.69 Å². The summed E-state index contributed by atoms with van der Waals surface area (Å²) in [5, 5.41) is 0.349. The zero-order valence-electron chi connectivity index (χ0n) is 13.5. The summed E-state index contributed by atoms with van der Waals surface area (Å²) in [5.74, 6) is 0.674. The molecule has 5 nitrogen and oxygen atoms in total. The van der Waals surface area contributed by atoms with E-state index in [0.717, 1.165) is 34.7 Å². The number of halogens is 1. The normalized spacial score (nSPS) is 11.0. The number of rotatable bonds is 6. The number of hydrogen-bond acceptors (Lipinski definition) is 5. The number of aldehydes is 1. The Morgan fingerprint density at radius 3 is 2.74 bits per heavy atom. The van der Waals surface area contributed by atoms with Crippen LogP contribution in [0.5, 0.6) is 10.9 Å². The molecule has 0 N–H and O–H groups in total. The molecule has 0 spiro atoms. The van der Waals surface area contributed by atoms with Crippen molar-refractivity contribution in [2.75, 3.05) is 13.6 Å². The van der Waals surface area contributed by atoms with E-state index >= 15 is 0 Å². The fraction of sp³-hybridized carbons (Fsp3) is 0.312. The third-order valence-corrected chi connectivity index (χ3v) is 4.45. The van der Waals surface area contributed by atoms with Gasteiger partial charge in [-0.2, -0.15) is 4.98 Å². The monoisotopic (exact) mass is 351 g/mol. The molecule has 1 heterocycles. The Morgan fingerprint density at radius 2 is 2.13 bits per heavy atom.